The SMILES string of the molecule is C[C@@H]1CN([C@H](C)c2cccnc2)CCN1C[C@@H](O)c1ccccc1. The molecule has 3 rings (SSSR count). The standard InChI is InChI=1S/C20H27N3O/c1-16-14-23(17(2)19-9-6-10-21-13-19)12-11-22(16)15-20(24)18-7-4-3-5-8-18/h3-10,13,16-17,20,24H,11-12,14-15H2,1-2H3/t16-,17-,20-/m1/s1. The molecular weight excluding hydrogens is 298 g/mol. The third kappa shape index (κ3) is 4.01. The van der Waals surface area contributed by atoms with E-state index in [0.717, 1.165) is 25.2 Å². The van der Waals surface area contributed by atoms with E-state index in [1.165, 1.54) is 5.56 Å². The number of rotatable bonds is 5. The predicted octanol–water partition coefficient (Wildman–Crippen LogP) is 2.88. The third-order valence-corrected chi connectivity index (χ3v) is 5.10. The Balaban J connectivity index is 1.57. The van der Waals surface area contributed by atoms with Crippen molar-refractivity contribution in [1.82, 2.24) is 14.8 Å². The van der Waals surface area contributed by atoms with Crippen LogP contribution >= 0.6 is 0 Å². The fraction of sp³-hybridized carbons (Fsp3) is 0.450. The summed E-state index contributed by atoms with van der Waals surface area (Å²) in [6.45, 7) is 8.20. The van der Waals surface area contributed by atoms with Gasteiger partial charge in [0.05, 0.1) is 6.10 Å². The molecule has 1 fully saturated rings. The number of benzene rings is 1. The summed E-state index contributed by atoms with van der Waals surface area (Å²) in [5.74, 6) is 0. The van der Waals surface area contributed by atoms with Crippen LogP contribution in [0.4, 0.5) is 0 Å². The quantitative estimate of drug-likeness (QED) is 0.917. The number of aliphatic hydroxyl groups excluding tert-OH is 1. The van der Waals surface area contributed by atoms with Gasteiger partial charge in [-0.3, -0.25) is 14.8 Å². The van der Waals surface area contributed by atoms with E-state index in [1.807, 2.05) is 48.8 Å². The minimum Gasteiger partial charge on any atom is -0.387 e. The molecule has 0 bridgehead atoms. The molecule has 0 aliphatic carbocycles. The number of nitrogens with zero attached hydrogens (tertiary/aromatic N) is 3. The average Bonchev–Trinajstić information content (AvgIpc) is 2.64. The van der Waals surface area contributed by atoms with Crippen molar-refractivity contribution in [2.75, 3.05) is 26.2 Å². The van der Waals surface area contributed by atoms with Crippen LogP contribution in [0.1, 0.15) is 37.1 Å². The summed E-state index contributed by atoms with van der Waals surface area (Å²) >= 11 is 0. The van der Waals surface area contributed by atoms with Gasteiger partial charge in [0.25, 0.3) is 0 Å². The van der Waals surface area contributed by atoms with Gasteiger partial charge in [0, 0.05) is 50.7 Å². The van der Waals surface area contributed by atoms with Gasteiger partial charge in [-0.1, -0.05) is 36.4 Å². The van der Waals surface area contributed by atoms with Crippen molar-refractivity contribution in [1.29, 1.82) is 0 Å². The van der Waals surface area contributed by atoms with Crippen molar-refractivity contribution >= 4 is 0 Å². The Morgan fingerprint density at radius 1 is 1.12 bits per heavy atom. The van der Waals surface area contributed by atoms with E-state index >= 15 is 0 Å². The van der Waals surface area contributed by atoms with Crippen molar-refractivity contribution in [3.05, 3.63) is 66.0 Å². The van der Waals surface area contributed by atoms with Crippen LogP contribution in [-0.4, -0.2) is 52.1 Å². The number of piperazine rings is 1. The zero-order valence-electron chi connectivity index (χ0n) is 14.5. The van der Waals surface area contributed by atoms with E-state index in [0.29, 0.717) is 18.6 Å². The number of aromatic nitrogens is 1. The highest BCUT2D eigenvalue weighted by atomic mass is 16.3. The molecule has 1 aromatic carbocycles. The molecule has 0 unspecified atom stereocenters. The summed E-state index contributed by atoms with van der Waals surface area (Å²) in [6.07, 6.45) is 3.36. The summed E-state index contributed by atoms with van der Waals surface area (Å²) in [4.78, 5) is 9.14. The summed E-state index contributed by atoms with van der Waals surface area (Å²) < 4.78 is 0. The second kappa shape index (κ2) is 7.88. The maximum Gasteiger partial charge on any atom is 0.0917 e. The van der Waals surface area contributed by atoms with Crippen LogP contribution in [0.15, 0.2) is 54.9 Å². The molecule has 1 aliphatic heterocycles. The number of hydrogen-bond acceptors (Lipinski definition) is 4. The number of pyridine rings is 1. The van der Waals surface area contributed by atoms with Gasteiger partial charge in [-0.05, 0) is 31.0 Å². The Hall–Kier alpha value is -1.75. The molecule has 0 radical (unpaired) electrons. The molecule has 2 heterocycles. The molecule has 1 aliphatic rings. The summed E-state index contributed by atoms with van der Waals surface area (Å²) in [5.41, 5.74) is 2.26. The molecule has 0 spiro atoms. The Kier molecular flexibility index (Phi) is 5.61. The first-order valence-electron chi connectivity index (χ1n) is 8.76. The van der Waals surface area contributed by atoms with Crippen LogP contribution in [0.5, 0.6) is 0 Å². The van der Waals surface area contributed by atoms with E-state index in [9.17, 15) is 5.11 Å². The molecule has 3 atom stereocenters. The Bertz CT molecular complexity index is 619. The van der Waals surface area contributed by atoms with Gasteiger partial charge in [0.2, 0.25) is 0 Å². The summed E-state index contributed by atoms with van der Waals surface area (Å²) in [5, 5.41) is 10.5. The molecule has 24 heavy (non-hydrogen) atoms. The van der Waals surface area contributed by atoms with Crippen molar-refractivity contribution in [2.24, 2.45) is 0 Å². The highest BCUT2D eigenvalue weighted by Crippen LogP contribution is 2.24. The molecule has 1 aromatic heterocycles. The second-order valence-corrected chi connectivity index (χ2v) is 6.73. The molecule has 0 amide bonds. The fourth-order valence-corrected chi connectivity index (χ4v) is 3.48. The van der Waals surface area contributed by atoms with Gasteiger partial charge >= 0.3 is 0 Å². The summed E-state index contributed by atoms with van der Waals surface area (Å²) in [6, 6.07) is 14.9. The lowest BCUT2D eigenvalue weighted by Crippen LogP contribution is -2.53. The van der Waals surface area contributed by atoms with E-state index < -0.39 is 6.10 Å². The van der Waals surface area contributed by atoms with Gasteiger partial charge in [0.1, 0.15) is 0 Å². The average molecular weight is 325 g/mol. The first-order valence-corrected chi connectivity index (χ1v) is 8.76. The topological polar surface area (TPSA) is 39.6 Å². The zero-order valence-corrected chi connectivity index (χ0v) is 14.5. The lowest BCUT2D eigenvalue weighted by Gasteiger charge is -2.43. The highest BCUT2D eigenvalue weighted by molar-refractivity contribution is 5.18. The van der Waals surface area contributed by atoms with Crippen LogP contribution in [0.25, 0.3) is 0 Å². The van der Waals surface area contributed by atoms with Crippen LogP contribution in [0, 0.1) is 0 Å². The van der Waals surface area contributed by atoms with E-state index in [4.69, 9.17) is 0 Å². The minimum absolute atomic E-state index is 0.377. The number of hydrogen-bond donors (Lipinski definition) is 1. The first-order chi connectivity index (χ1) is 11.6. The Morgan fingerprint density at radius 3 is 2.54 bits per heavy atom. The normalized spacial score (nSPS) is 22.2. The van der Waals surface area contributed by atoms with Crippen LogP contribution < -0.4 is 0 Å². The molecule has 0 saturated carbocycles. The number of aliphatic hydroxyl groups is 1. The number of β-amino-alcohol motifs (C(OH)–C–C–N with tert-alkyl or cyclic N) is 1. The van der Waals surface area contributed by atoms with Crippen molar-refractivity contribution < 1.29 is 5.11 Å². The zero-order chi connectivity index (χ0) is 16.9. The fourth-order valence-electron chi connectivity index (χ4n) is 3.48. The van der Waals surface area contributed by atoms with Crippen LogP contribution in [-0.2, 0) is 0 Å². The maximum atomic E-state index is 10.5. The van der Waals surface area contributed by atoms with Gasteiger partial charge < -0.3 is 5.11 Å². The van der Waals surface area contributed by atoms with Gasteiger partial charge in [-0.15, -0.1) is 0 Å². The smallest absolute Gasteiger partial charge is 0.0917 e. The van der Waals surface area contributed by atoms with Crippen molar-refractivity contribution in [3.63, 3.8) is 0 Å². The third-order valence-electron chi connectivity index (χ3n) is 5.10. The van der Waals surface area contributed by atoms with Gasteiger partial charge in [-0.25, -0.2) is 0 Å². The molecule has 128 valence electrons. The van der Waals surface area contributed by atoms with Gasteiger partial charge in [-0.2, -0.15) is 0 Å². The lowest BCUT2D eigenvalue weighted by atomic mass is 10.0. The molecular formula is C20H27N3O. The molecule has 4 nitrogen and oxygen atoms in total. The Morgan fingerprint density at radius 2 is 1.88 bits per heavy atom. The van der Waals surface area contributed by atoms with Crippen LogP contribution in [0.3, 0.4) is 0 Å². The molecule has 2 aromatic rings. The van der Waals surface area contributed by atoms with E-state index in [2.05, 4.69) is 34.7 Å². The van der Waals surface area contributed by atoms with Crippen molar-refractivity contribution in [2.45, 2.75) is 32.0 Å². The monoisotopic (exact) mass is 325 g/mol. The van der Waals surface area contributed by atoms with Crippen LogP contribution in [0.2, 0.25) is 0 Å². The molecule has 4 heteroatoms. The lowest BCUT2D eigenvalue weighted by molar-refractivity contribution is 0.0252. The van der Waals surface area contributed by atoms with Gasteiger partial charge in [0.15, 0.2) is 0 Å². The van der Waals surface area contributed by atoms with E-state index in [-0.39, 0.29) is 0 Å². The first kappa shape index (κ1) is 17.1. The highest BCUT2D eigenvalue weighted by Gasteiger charge is 2.28. The maximum absolute atomic E-state index is 10.5. The molecule has 1 saturated heterocycles. The minimum atomic E-state index is -0.420. The second-order valence-electron chi connectivity index (χ2n) is 6.73. The largest absolute Gasteiger partial charge is 0.387 e. The molecule has 1 N–H and O–H groups in total. The summed E-state index contributed by atoms with van der Waals surface area (Å²) in [7, 11) is 0. The van der Waals surface area contributed by atoms with E-state index in [1.54, 1.807) is 0 Å². The van der Waals surface area contributed by atoms with Crippen molar-refractivity contribution in [3.8, 4) is 0 Å². The Labute approximate surface area is 144 Å². The predicted molar refractivity (Wildman–Crippen MR) is 96.7 cm³/mol.